The maximum absolute atomic E-state index is 11.7. The lowest BCUT2D eigenvalue weighted by Gasteiger charge is -2.20. The largest absolute Gasteiger partial charge is 0.506 e. The molecule has 0 bridgehead atoms. The maximum atomic E-state index is 11.7. The van der Waals surface area contributed by atoms with Crippen LogP contribution in [-0.2, 0) is 13.0 Å². The van der Waals surface area contributed by atoms with Gasteiger partial charge in [-0.3, -0.25) is 9.69 Å². The van der Waals surface area contributed by atoms with Crippen LogP contribution in [0, 0.1) is 0 Å². The molecule has 1 saturated heterocycles. The summed E-state index contributed by atoms with van der Waals surface area (Å²) in [5, 5.41) is 23.8. The highest BCUT2D eigenvalue weighted by Gasteiger charge is 2.16. The Kier molecular flexibility index (Phi) is 11.2. The van der Waals surface area contributed by atoms with Gasteiger partial charge in [-0.05, 0) is 56.1 Å². The lowest BCUT2D eigenvalue weighted by Crippen LogP contribution is -2.24. The van der Waals surface area contributed by atoms with E-state index in [0.717, 1.165) is 30.8 Å². The molecule has 2 heterocycles. The number of phenols is 1. The summed E-state index contributed by atoms with van der Waals surface area (Å²) in [4.78, 5) is 16.6. The van der Waals surface area contributed by atoms with E-state index in [1.54, 1.807) is 6.07 Å². The number of aromatic amines is 1. The van der Waals surface area contributed by atoms with Crippen LogP contribution >= 0.6 is 36.2 Å². The average Bonchev–Trinajstić information content (AvgIpc) is 2.98. The molecule has 1 unspecified atom stereocenters. The highest BCUT2D eigenvalue weighted by molar-refractivity contribution is 7.16. The van der Waals surface area contributed by atoms with Gasteiger partial charge in [0.05, 0.1) is 10.8 Å². The highest BCUT2D eigenvalue weighted by Crippen LogP contribution is 2.31. The van der Waals surface area contributed by atoms with E-state index in [-0.39, 0.29) is 35.4 Å². The van der Waals surface area contributed by atoms with Crippen molar-refractivity contribution in [3.63, 3.8) is 0 Å². The zero-order chi connectivity index (χ0) is 21.6. The Morgan fingerprint density at radius 2 is 1.79 bits per heavy atom. The van der Waals surface area contributed by atoms with E-state index in [2.05, 4.69) is 39.5 Å². The third kappa shape index (κ3) is 7.44. The van der Waals surface area contributed by atoms with E-state index >= 15 is 0 Å². The first-order valence-corrected chi connectivity index (χ1v) is 12.0. The van der Waals surface area contributed by atoms with Crippen molar-refractivity contribution in [1.29, 1.82) is 0 Å². The zero-order valence-electron chi connectivity index (χ0n) is 18.6. The molecule has 33 heavy (non-hydrogen) atoms. The molecule has 182 valence electrons. The molecule has 3 aromatic rings. The molecule has 0 saturated carbocycles. The quantitative estimate of drug-likeness (QED) is 0.335. The minimum absolute atomic E-state index is 0. The second-order valence-corrected chi connectivity index (χ2v) is 9.36. The maximum Gasteiger partial charge on any atom is 0.305 e. The number of thiazole rings is 1. The molecule has 0 radical (unpaired) electrons. The number of fused-ring (bicyclic) bond motifs is 1. The molecule has 2 aromatic carbocycles. The number of hydrogen-bond acceptors (Lipinski definition) is 6. The van der Waals surface area contributed by atoms with Gasteiger partial charge in [0.15, 0.2) is 0 Å². The van der Waals surface area contributed by atoms with Gasteiger partial charge in [0.1, 0.15) is 11.3 Å². The minimum Gasteiger partial charge on any atom is -0.506 e. The Balaban J connectivity index is 0.00000193. The van der Waals surface area contributed by atoms with Crippen molar-refractivity contribution >= 4 is 46.4 Å². The summed E-state index contributed by atoms with van der Waals surface area (Å²) in [6, 6.07) is 12.0. The predicted molar refractivity (Wildman–Crippen MR) is 140 cm³/mol. The Morgan fingerprint density at radius 1 is 1.06 bits per heavy atom. The van der Waals surface area contributed by atoms with Crippen molar-refractivity contribution < 1.29 is 10.2 Å². The van der Waals surface area contributed by atoms with E-state index in [0.29, 0.717) is 22.3 Å². The van der Waals surface area contributed by atoms with Gasteiger partial charge >= 0.3 is 4.87 Å². The third-order valence-corrected chi connectivity index (χ3v) is 6.90. The molecule has 1 aromatic heterocycles. The van der Waals surface area contributed by atoms with Crippen molar-refractivity contribution in [2.24, 2.45) is 0 Å². The van der Waals surface area contributed by atoms with Crippen molar-refractivity contribution in [2.75, 3.05) is 26.2 Å². The normalized spacial score (nSPS) is 15.4. The molecule has 1 atom stereocenters. The standard InChI is InChI=1S/C24H31N3O3S.2ClH/c28-20-9-8-19(23-22(20)26-24(30)31-23)21(29)15-25-11-10-17-6-5-7-18(14-17)16-27-12-3-1-2-4-13-27;;/h5-9,14,21,25,28-29H,1-4,10-13,15-16H2,(H,26,30);2*1H. The molecule has 0 aliphatic carbocycles. The summed E-state index contributed by atoms with van der Waals surface area (Å²) in [6.45, 7) is 4.57. The molecule has 0 amide bonds. The van der Waals surface area contributed by atoms with E-state index in [4.69, 9.17) is 0 Å². The number of benzene rings is 2. The van der Waals surface area contributed by atoms with Crippen molar-refractivity contribution in [3.05, 3.63) is 62.8 Å². The van der Waals surface area contributed by atoms with Crippen LogP contribution in [0.1, 0.15) is 48.5 Å². The van der Waals surface area contributed by atoms with Gasteiger partial charge in [-0.15, -0.1) is 24.8 Å². The number of aromatic hydroxyl groups is 1. The topological polar surface area (TPSA) is 88.6 Å². The fourth-order valence-corrected chi connectivity index (χ4v) is 5.24. The SMILES string of the molecule is Cl.Cl.O=c1[nH]c2c(O)ccc(C(O)CNCCc3cccc(CN4CCCCCC4)c3)c2s1. The van der Waals surface area contributed by atoms with Crippen LogP contribution in [0.2, 0.25) is 0 Å². The van der Waals surface area contributed by atoms with Crippen molar-refractivity contribution in [1.82, 2.24) is 15.2 Å². The number of rotatable bonds is 8. The molecule has 1 aliphatic rings. The number of aromatic nitrogens is 1. The predicted octanol–water partition coefficient (Wildman–Crippen LogP) is 4.38. The smallest absolute Gasteiger partial charge is 0.305 e. The van der Waals surface area contributed by atoms with Gasteiger partial charge in [-0.25, -0.2) is 0 Å². The first-order chi connectivity index (χ1) is 15.1. The van der Waals surface area contributed by atoms with Gasteiger partial charge in [0, 0.05) is 18.7 Å². The van der Waals surface area contributed by atoms with Crippen LogP contribution < -0.4 is 10.2 Å². The molecule has 9 heteroatoms. The number of nitrogens with one attached hydrogen (secondary N) is 2. The highest BCUT2D eigenvalue weighted by atomic mass is 35.5. The first kappa shape index (κ1) is 27.6. The summed E-state index contributed by atoms with van der Waals surface area (Å²) in [5.74, 6) is 0.0253. The third-order valence-electron chi connectivity index (χ3n) is 5.97. The van der Waals surface area contributed by atoms with Crippen LogP contribution in [0.4, 0.5) is 0 Å². The fraction of sp³-hybridized carbons (Fsp3) is 0.458. The molecule has 4 N–H and O–H groups in total. The number of phenolic OH excluding ortho intramolecular Hbond substituents is 1. The van der Waals surface area contributed by atoms with Gasteiger partial charge < -0.3 is 20.5 Å². The summed E-state index contributed by atoms with van der Waals surface area (Å²) < 4.78 is 0.612. The van der Waals surface area contributed by atoms with Crippen LogP contribution in [0.3, 0.4) is 0 Å². The molecule has 1 aliphatic heterocycles. The Bertz CT molecular complexity index is 1060. The van der Waals surface area contributed by atoms with Gasteiger partial charge in [0.25, 0.3) is 0 Å². The molecule has 0 spiro atoms. The Labute approximate surface area is 210 Å². The molecular formula is C24H33Cl2N3O3S. The lowest BCUT2D eigenvalue weighted by atomic mass is 10.1. The molecule has 4 rings (SSSR count). The van der Waals surface area contributed by atoms with Gasteiger partial charge in [-0.2, -0.15) is 0 Å². The summed E-state index contributed by atoms with van der Waals surface area (Å²) in [5.41, 5.74) is 3.72. The lowest BCUT2D eigenvalue weighted by molar-refractivity contribution is 0.176. The van der Waals surface area contributed by atoms with Crippen LogP contribution in [0.5, 0.6) is 5.75 Å². The summed E-state index contributed by atoms with van der Waals surface area (Å²) in [7, 11) is 0. The number of hydrogen-bond donors (Lipinski definition) is 4. The van der Waals surface area contributed by atoms with Gasteiger partial charge in [-0.1, -0.05) is 54.5 Å². The van der Waals surface area contributed by atoms with Crippen molar-refractivity contribution in [3.8, 4) is 5.75 Å². The van der Waals surface area contributed by atoms with Crippen LogP contribution in [0.25, 0.3) is 10.2 Å². The number of H-pyrrole nitrogens is 1. The fourth-order valence-electron chi connectivity index (χ4n) is 4.32. The molecular weight excluding hydrogens is 481 g/mol. The van der Waals surface area contributed by atoms with Crippen LogP contribution in [-0.4, -0.2) is 46.3 Å². The Hall–Kier alpha value is -1.61. The molecule has 6 nitrogen and oxygen atoms in total. The van der Waals surface area contributed by atoms with E-state index < -0.39 is 6.10 Å². The van der Waals surface area contributed by atoms with Crippen molar-refractivity contribution in [2.45, 2.75) is 44.8 Å². The number of halogens is 2. The van der Waals surface area contributed by atoms with E-state index in [1.165, 1.54) is 56.0 Å². The Morgan fingerprint density at radius 3 is 2.55 bits per heavy atom. The average molecular weight is 515 g/mol. The monoisotopic (exact) mass is 513 g/mol. The summed E-state index contributed by atoms with van der Waals surface area (Å²) in [6.07, 6.45) is 5.46. The second-order valence-electron chi connectivity index (χ2n) is 8.37. The summed E-state index contributed by atoms with van der Waals surface area (Å²) >= 11 is 1.01. The van der Waals surface area contributed by atoms with Crippen LogP contribution in [0.15, 0.2) is 41.2 Å². The number of aliphatic hydroxyl groups excluding tert-OH is 1. The minimum atomic E-state index is -0.746. The number of likely N-dealkylation sites (tertiary alicyclic amines) is 1. The molecule has 1 fully saturated rings. The number of nitrogens with zero attached hydrogens (tertiary/aromatic N) is 1. The second kappa shape index (κ2) is 13.3. The van der Waals surface area contributed by atoms with E-state index in [1.807, 2.05) is 0 Å². The zero-order valence-corrected chi connectivity index (χ0v) is 21.0. The van der Waals surface area contributed by atoms with Gasteiger partial charge in [0.2, 0.25) is 0 Å². The first-order valence-electron chi connectivity index (χ1n) is 11.1. The van der Waals surface area contributed by atoms with E-state index in [9.17, 15) is 15.0 Å². The number of aliphatic hydroxyl groups is 1.